The number of carboxylic acids is 1. The van der Waals surface area contributed by atoms with Crippen LogP contribution in [-0.4, -0.2) is 16.1 Å². The topological polar surface area (TPSA) is 62.2 Å². The molecule has 2 N–H and O–H groups in total. The summed E-state index contributed by atoms with van der Waals surface area (Å²) in [5.41, 5.74) is 2.82. The molecule has 1 atom stereocenters. The summed E-state index contributed by atoms with van der Waals surface area (Å²) in [6.07, 6.45) is 0.0956. The van der Waals surface area contributed by atoms with Crippen molar-refractivity contribution < 1.29 is 9.90 Å². The lowest BCUT2D eigenvalue weighted by Gasteiger charge is -2.14. The molecule has 1 unspecified atom stereocenters. The van der Waals surface area contributed by atoms with Gasteiger partial charge in [0.05, 0.1) is 23.7 Å². The van der Waals surface area contributed by atoms with E-state index in [1.54, 1.807) is 22.7 Å². The Kier molecular flexibility index (Phi) is 4.46. The zero-order valence-corrected chi connectivity index (χ0v) is 11.6. The molecule has 0 fully saturated rings. The van der Waals surface area contributed by atoms with Crippen LogP contribution < -0.4 is 5.32 Å². The molecule has 0 bridgehead atoms. The Bertz CT molecular complexity index is 508. The standard InChI is InChI=1S/C12H14N2O2S2/c1-8-11(18-7-14-8)6-13-9(5-12(15)16)10-3-2-4-17-10/h2-4,7,9,13H,5-6H2,1H3,(H,15,16). The third kappa shape index (κ3) is 3.38. The summed E-state index contributed by atoms with van der Waals surface area (Å²) in [6.45, 7) is 2.62. The number of carboxylic acid groups (broad SMARTS) is 1. The SMILES string of the molecule is Cc1ncsc1CNC(CC(=O)O)c1cccs1. The first-order chi connectivity index (χ1) is 8.66. The number of nitrogens with one attached hydrogen (secondary N) is 1. The van der Waals surface area contributed by atoms with Crippen molar-refractivity contribution in [3.05, 3.63) is 38.5 Å². The Morgan fingerprint density at radius 1 is 1.56 bits per heavy atom. The number of hydrogen-bond acceptors (Lipinski definition) is 5. The third-order valence-corrected chi connectivity index (χ3v) is 4.54. The van der Waals surface area contributed by atoms with Crippen LogP contribution in [0.2, 0.25) is 0 Å². The summed E-state index contributed by atoms with van der Waals surface area (Å²) in [5, 5.41) is 14.2. The van der Waals surface area contributed by atoms with Gasteiger partial charge in [-0.25, -0.2) is 4.98 Å². The average Bonchev–Trinajstić information content (AvgIpc) is 2.95. The molecule has 4 nitrogen and oxygen atoms in total. The Labute approximate surface area is 113 Å². The van der Waals surface area contributed by atoms with Crippen LogP contribution in [0.25, 0.3) is 0 Å². The number of nitrogens with zero attached hydrogens (tertiary/aromatic N) is 1. The van der Waals surface area contributed by atoms with Crippen LogP contribution in [0.4, 0.5) is 0 Å². The summed E-state index contributed by atoms with van der Waals surface area (Å²) in [4.78, 5) is 17.3. The van der Waals surface area contributed by atoms with Crippen molar-refractivity contribution in [2.24, 2.45) is 0 Å². The van der Waals surface area contributed by atoms with E-state index >= 15 is 0 Å². The number of thiophene rings is 1. The van der Waals surface area contributed by atoms with Gasteiger partial charge in [-0.15, -0.1) is 22.7 Å². The second-order valence-corrected chi connectivity index (χ2v) is 5.83. The van der Waals surface area contributed by atoms with E-state index < -0.39 is 5.97 Å². The largest absolute Gasteiger partial charge is 0.481 e. The van der Waals surface area contributed by atoms with Gasteiger partial charge in [0.2, 0.25) is 0 Å². The van der Waals surface area contributed by atoms with E-state index in [2.05, 4.69) is 10.3 Å². The number of carbonyl (C=O) groups is 1. The van der Waals surface area contributed by atoms with Crippen molar-refractivity contribution in [3.63, 3.8) is 0 Å². The molecule has 0 saturated heterocycles. The van der Waals surface area contributed by atoms with Crippen LogP contribution >= 0.6 is 22.7 Å². The molecule has 18 heavy (non-hydrogen) atoms. The highest BCUT2D eigenvalue weighted by Gasteiger charge is 2.16. The van der Waals surface area contributed by atoms with Gasteiger partial charge in [0.15, 0.2) is 0 Å². The highest BCUT2D eigenvalue weighted by Crippen LogP contribution is 2.23. The quantitative estimate of drug-likeness (QED) is 0.855. The average molecular weight is 282 g/mol. The Balaban J connectivity index is 2.02. The van der Waals surface area contributed by atoms with Crippen LogP contribution in [0.3, 0.4) is 0 Å². The first-order valence-corrected chi connectivity index (χ1v) is 7.30. The van der Waals surface area contributed by atoms with Gasteiger partial charge >= 0.3 is 5.97 Å². The monoisotopic (exact) mass is 282 g/mol. The van der Waals surface area contributed by atoms with E-state index in [4.69, 9.17) is 5.11 Å². The van der Waals surface area contributed by atoms with Gasteiger partial charge in [-0.3, -0.25) is 4.79 Å². The minimum Gasteiger partial charge on any atom is -0.481 e. The number of aryl methyl sites for hydroxylation is 1. The number of rotatable bonds is 6. The second-order valence-electron chi connectivity index (χ2n) is 3.91. The van der Waals surface area contributed by atoms with E-state index in [9.17, 15) is 4.79 Å². The number of aliphatic carboxylic acids is 1. The fourth-order valence-electron chi connectivity index (χ4n) is 1.65. The maximum atomic E-state index is 10.9. The highest BCUT2D eigenvalue weighted by atomic mass is 32.1. The van der Waals surface area contributed by atoms with Crippen molar-refractivity contribution in [1.82, 2.24) is 10.3 Å². The maximum Gasteiger partial charge on any atom is 0.305 e. The zero-order chi connectivity index (χ0) is 13.0. The van der Waals surface area contributed by atoms with Crippen LogP contribution in [0.15, 0.2) is 23.0 Å². The van der Waals surface area contributed by atoms with Gasteiger partial charge in [-0.2, -0.15) is 0 Å². The van der Waals surface area contributed by atoms with Gasteiger partial charge in [0, 0.05) is 16.3 Å². The summed E-state index contributed by atoms with van der Waals surface area (Å²) in [5.74, 6) is -0.790. The molecule has 2 aromatic heterocycles. The molecular formula is C12H14N2O2S2. The van der Waals surface area contributed by atoms with Gasteiger partial charge in [0.25, 0.3) is 0 Å². The molecule has 0 radical (unpaired) electrons. The summed E-state index contributed by atoms with van der Waals surface area (Å²) in [7, 11) is 0. The Morgan fingerprint density at radius 2 is 2.39 bits per heavy atom. The van der Waals surface area contributed by atoms with E-state index in [0.29, 0.717) is 6.54 Å². The lowest BCUT2D eigenvalue weighted by molar-refractivity contribution is -0.137. The molecule has 2 rings (SSSR count). The second kappa shape index (κ2) is 6.08. The molecule has 6 heteroatoms. The first kappa shape index (κ1) is 13.2. The number of aromatic nitrogens is 1. The molecule has 2 aromatic rings. The van der Waals surface area contributed by atoms with Crippen molar-refractivity contribution in [2.45, 2.75) is 25.9 Å². The van der Waals surface area contributed by atoms with Gasteiger partial charge in [0.1, 0.15) is 0 Å². The Morgan fingerprint density at radius 3 is 2.94 bits per heavy atom. The van der Waals surface area contributed by atoms with Gasteiger partial charge in [-0.05, 0) is 18.4 Å². The van der Waals surface area contributed by atoms with Crippen molar-refractivity contribution in [2.75, 3.05) is 0 Å². The van der Waals surface area contributed by atoms with E-state index in [0.717, 1.165) is 15.4 Å². The van der Waals surface area contributed by atoms with Crippen LogP contribution in [0.5, 0.6) is 0 Å². The summed E-state index contributed by atoms with van der Waals surface area (Å²) >= 11 is 3.17. The highest BCUT2D eigenvalue weighted by molar-refractivity contribution is 7.10. The zero-order valence-electron chi connectivity index (χ0n) is 9.92. The van der Waals surface area contributed by atoms with Crippen molar-refractivity contribution in [3.8, 4) is 0 Å². The fraction of sp³-hybridized carbons (Fsp3) is 0.333. The molecule has 0 aliphatic rings. The number of hydrogen-bond donors (Lipinski definition) is 2. The van der Waals surface area contributed by atoms with Gasteiger partial charge < -0.3 is 10.4 Å². The molecule has 0 aromatic carbocycles. The maximum absolute atomic E-state index is 10.9. The minimum absolute atomic E-state index is 0.0956. The molecule has 96 valence electrons. The molecule has 0 saturated carbocycles. The molecule has 2 heterocycles. The molecular weight excluding hydrogens is 268 g/mol. The predicted octanol–water partition coefficient (Wildman–Crippen LogP) is 2.82. The molecule has 0 spiro atoms. The molecule has 0 aliphatic heterocycles. The lowest BCUT2D eigenvalue weighted by Crippen LogP contribution is -2.22. The van der Waals surface area contributed by atoms with Crippen LogP contribution in [-0.2, 0) is 11.3 Å². The minimum atomic E-state index is -0.790. The lowest BCUT2D eigenvalue weighted by atomic mass is 10.1. The summed E-state index contributed by atoms with van der Waals surface area (Å²) in [6, 6.07) is 3.77. The third-order valence-electron chi connectivity index (χ3n) is 2.62. The van der Waals surface area contributed by atoms with Crippen LogP contribution in [0, 0.1) is 6.92 Å². The van der Waals surface area contributed by atoms with Crippen LogP contribution in [0.1, 0.15) is 27.9 Å². The number of thiazole rings is 1. The first-order valence-electron chi connectivity index (χ1n) is 5.54. The fourth-order valence-corrected chi connectivity index (χ4v) is 3.18. The predicted molar refractivity (Wildman–Crippen MR) is 73.0 cm³/mol. The van der Waals surface area contributed by atoms with E-state index in [1.807, 2.05) is 29.9 Å². The van der Waals surface area contributed by atoms with Crippen molar-refractivity contribution >= 4 is 28.6 Å². The smallest absolute Gasteiger partial charge is 0.305 e. The summed E-state index contributed by atoms with van der Waals surface area (Å²) < 4.78 is 0. The Hall–Kier alpha value is -1.24. The van der Waals surface area contributed by atoms with E-state index in [1.165, 1.54) is 0 Å². The van der Waals surface area contributed by atoms with Gasteiger partial charge in [-0.1, -0.05) is 6.07 Å². The van der Waals surface area contributed by atoms with Crippen molar-refractivity contribution in [1.29, 1.82) is 0 Å². The molecule has 0 amide bonds. The molecule has 0 aliphatic carbocycles. The van der Waals surface area contributed by atoms with E-state index in [-0.39, 0.29) is 12.5 Å². The normalized spacial score (nSPS) is 12.5.